The van der Waals surface area contributed by atoms with E-state index in [9.17, 15) is 19.1 Å². The third kappa shape index (κ3) is 5.19. The molecule has 0 saturated carbocycles. The molecule has 32 heavy (non-hydrogen) atoms. The van der Waals surface area contributed by atoms with E-state index in [1.165, 1.54) is 12.1 Å². The summed E-state index contributed by atoms with van der Waals surface area (Å²) in [6.45, 7) is 4.24. The predicted octanol–water partition coefficient (Wildman–Crippen LogP) is 5.64. The van der Waals surface area contributed by atoms with Crippen LogP contribution in [0.5, 0.6) is 0 Å². The molecule has 0 saturated heterocycles. The summed E-state index contributed by atoms with van der Waals surface area (Å²) in [6.07, 6.45) is 3.14. The molecule has 1 aliphatic rings. The van der Waals surface area contributed by atoms with Gasteiger partial charge in [-0.1, -0.05) is 56.3 Å². The number of aliphatic carboxylic acids is 1. The Bertz CT molecular complexity index is 1050. The van der Waals surface area contributed by atoms with Gasteiger partial charge in [-0.05, 0) is 53.3 Å². The van der Waals surface area contributed by atoms with Crippen LogP contribution in [0.1, 0.15) is 50.7 Å². The Balaban J connectivity index is 2.13. The number of allylic oxidation sites excluding steroid dienone is 1. The fourth-order valence-corrected chi connectivity index (χ4v) is 5.50. The van der Waals surface area contributed by atoms with Crippen molar-refractivity contribution in [2.45, 2.75) is 55.3 Å². The SMILES string of the molecule is CCC1(CC)Sc2ccccc2C(c2ccc(F)cc2)=C1C=CC(O)CC(=O)CC(=O)O. The molecule has 0 fully saturated rings. The van der Waals surface area contributed by atoms with Crippen molar-refractivity contribution in [1.82, 2.24) is 0 Å². The zero-order valence-electron chi connectivity index (χ0n) is 18.2. The van der Waals surface area contributed by atoms with Crippen molar-refractivity contribution in [1.29, 1.82) is 0 Å². The molecule has 1 atom stereocenters. The molecule has 2 N–H and O–H groups in total. The third-order valence-corrected chi connectivity index (χ3v) is 7.53. The van der Waals surface area contributed by atoms with Gasteiger partial charge in [0.1, 0.15) is 18.0 Å². The number of benzene rings is 2. The van der Waals surface area contributed by atoms with E-state index in [1.807, 2.05) is 24.3 Å². The zero-order valence-corrected chi connectivity index (χ0v) is 19.0. The third-order valence-electron chi connectivity index (χ3n) is 5.77. The number of carboxylic acid groups (broad SMARTS) is 1. The van der Waals surface area contributed by atoms with Gasteiger partial charge in [-0.15, -0.1) is 11.8 Å². The maximum Gasteiger partial charge on any atom is 0.310 e. The first-order valence-electron chi connectivity index (χ1n) is 10.7. The summed E-state index contributed by atoms with van der Waals surface area (Å²) in [5.74, 6) is -2.04. The first-order chi connectivity index (χ1) is 15.3. The zero-order chi connectivity index (χ0) is 23.3. The molecule has 3 rings (SSSR count). The molecule has 4 nitrogen and oxygen atoms in total. The van der Waals surface area contributed by atoms with Crippen molar-refractivity contribution in [2.75, 3.05) is 0 Å². The molecule has 0 aliphatic carbocycles. The van der Waals surface area contributed by atoms with Gasteiger partial charge in [-0.25, -0.2) is 4.39 Å². The van der Waals surface area contributed by atoms with Crippen molar-refractivity contribution in [2.24, 2.45) is 0 Å². The number of aliphatic hydroxyl groups excluding tert-OH is 1. The van der Waals surface area contributed by atoms with E-state index in [0.717, 1.165) is 40.0 Å². The summed E-state index contributed by atoms with van der Waals surface area (Å²) in [6, 6.07) is 14.5. The van der Waals surface area contributed by atoms with Crippen molar-refractivity contribution >= 4 is 29.1 Å². The van der Waals surface area contributed by atoms with E-state index >= 15 is 0 Å². The second-order valence-corrected chi connectivity index (χ2v) is 9.26. The second kappa shape index (κ2) is 10.3. The Morgan fingerprint density at radius 2 is 1.75 bits per heavy atom. The number of rotatable bonds is 9. The minimum Gasteiger partial charge on any atom is -0.481 e. The van der Waals surface area contributed by atoms with Gasteiger partial charge in [0.25, 0.3) is 0 Å². The summed E-state index contributed by atoms with van der Waals surface area (Å²) in [7, 11) is 0. The molecular formula is C26H27FO4S. The van der Waals surface area contributed by atoms with Crippen LogP contribution in [0, 0.1) is 5.82 Å². The number of carboxylic acids is 1. The summed E-state index contributed by atoms with van der Waals surface area (Å²) >= 11 is 1.78. The van der Waals surface area contributed by atoms with Gasteiger partial charge in [0.2, 0.25) is 0 Å². The maximum absolute atomic E-state index is 13.7. The van der Waals surface area contributed by atoms with Crippen LogP contribution in [0.25, 0.3) is 5.57 Å². The lowest BCUT2D eigenvalue weighted by molar-refractivity contribution is -0.140. The van der Waals surface area contributed by atoms with Crippen molar-refractivity contribution in [3.63, 3.8) is 0 Å². The van der Waals surface area contributed by atoms with Crippen LogP contribution < -0.4 is 0 Å². The van der Waals surface area contributed by atoms with Crippen LogP contribution in [0.15, 0.2) is 71.2 Å². The topological polar surface area (TPSA) is 74.6 Å². The number of ketones is 1. The first-order valence-corrected chi connectivity index (χ1v) is 11.5. The van der Waals surface area contributed by atoms with E-state index in [-0.39, 0.29) is 17.0 Å². The number of aliphatic hydroxyl groups is 1. The molecular weight excluding hydrogens is 427 g/mol. The molecule has 2 aromatic rings. The number of carbonyl (C=O) groups excluding carboxylic acids is 1. The van der Waals surface area contributed by atoms with Gasteiger partial charge in [-0.2, -0.15) is 0 Å². The summed E-state index contributed by atoms with van der Waals surface area (Å²) in [5.41, 5.74) is 3.89. The number of carbonyl (C=O) groups is 2. The van der Waals surface area contributed by atoms with E-state index in [4.69, 9.17) is 5.11 Å². The van der Waals surface area contributed by atoms with Gasteiger partial charge in [-0.3, -0.25) is 9.59 Å². The molecule has 0 amide bonds. The quantitative estimate of drug-likeness (QED) is 0.480. The van der Waals surface area contributed by atoms with Gasteiger partial charge in [0, 0.05) is 16.1 Å². The highest BCUT2D eigenvalue weighted by Crippen LogP contribution is 2.54. The molecule has 6 heteroatoms. The molecule has 1 aliphatic heterocycles. The van der Waals surface area contributed by atoms with Crippen LogP contribution in [-0.2, 0) is 9.59 Å². The largest absolute Gasteiger partial charge is 0.481 e. The normalized spacial score (nSPS) is 16.1. The molecule has 168 valence electrons. The minimum atomic E-state index is -1.20. The molecule has 0 spiro atoms. The van der Waals surface area contributed by atoms with Crippen LogP contribution in [-0.4, -0.2) is 32.8 Å². The Morgan fingerprint density at radius 1 is 1.09 bits per heavy atom. The fourth-order valence-electron chi connectivity index (χ4n) is 4.09. The van der Waals surface area contributed by atoms with Gasteiger partial charge in [0.05, 0.1) is 6.10 Å². The number of halogens is 1. The van der Waals surface area contributed by atoms with Gasteiger partial charge in [0.15, 0.2) is 0 Å². The Hall–Kier alpha value is -2.70. The van der Waals surface area contributed by atoms with E-state index in [0.29, 0.717) is 0 Å². The summed E-state index contributed by atoms with van der Waals surface area (Å²) in [4.78, 5) is 23.7. The Kier molecular flexibility index (Phi) is 7.69. The number of hydrogen-bond donors (Lipinski definition) is 2. The minimum absolute atomic E-state index is 0.253. The van der Waals surface area contributed by atoms with Gasteiger partial charge < -0.3 is 10.2 Å². The Labute approximate surface area is 191 Å². The molecule has 1 heterocycles. The highest BCUT2D eigenvalue weighted by atomic mass is 32.2. The fraction of sp³-hybridized carbons (Fsp3) is 0.308. The monoisotopic (exact) mass is 454 g/mol. The number of thioether (sulfide) groups is 1. The number of hydrogen-bond acceptors (Lipinski definition) is 4. The maximum atomic E-state index is 13.7. The first kappa shape index (κ1) is 24.0. The molecule has 1 unspecified atom stereocenters. The number of Topliss-reactive ketones (excluding diaryl/α,β-unsaturated/α-hetero) is 1. The van der Waals surface area contributed by atoms with E-state index < -0.39 is 24.3 Å². The lowest BCUT2D eigenvalue weighted by Gasteiger charge is -2.39. The van der Waals surface area contributed by atoms with Crippen LogP contribution >= 0.6 is 11.8 Å². The van der Waals surface area contributed by atoms with Gasteiger partial charge >= 0.3 is 5.97 Å². The van der Waals surface area contributed by atoms with E-state index in [1.54, 1.807) is 30.0 Å². The van der Waals surface area contributed by atoms with Crippen molar-refractivity contribution in [3.05, 3.63) is 83.2 Å². The average molecular weight is 455 g/mol. The predicted molar refractivity (Wildman–Crippen MR) is 125 cm³/mol. The second-order valence-electron chi connectivity index (χ2n) is 7.83. The smallest absolute Gasteiger partial charge is 0.310 e. The summed E-state index contributed by atoms with van der Waals surface area (Å²) < 4.78 is 13.4. The average Bonchev–Trinajstić information content (AvgIpc) is 2.76. The van der Waals surface area contributed by atoms with E-state index in [2.05, 4.69) is 19.9 Å². The highest BCUT2D eigenvalue weighted by molar-refractivity contribution is 8.01. The van der Waals surface area contributed by atoms with Crippen molar-refractivity contribution < 1.29 is 24.2 Å². The lowest BCUT2D eigenvalue weighted by atomic mass is 9.82. The number of fused-ring (bicyclic) bond motifs is 1. The summed E-state index contributed by atoms with van der Waals surface area (Å²) in [5, 5.41) is 19.2. The molecule has 2 aromatic carbocycles. The van der Waals surface area contributed by atoms with Crippen LogP contribution in [0.4, 0.5) is 4.39 Å². The van der Waals surface area contributed by atoms with Crippen LogP contribution in [0.3, 0.4) is 0 Å². The Morgan fingerprint density at radius 3 is 2.38 bits per heavy atom. The van der Waals surface area contributed by atoms with Crippen LogP contribution in [0.2, 0.25) is 0 Å². The molecule has 0 aromatic heterocycles. The lowest BCUT2D eigenvalue weighted by Crippen LogP contribution is -2.29. The highest BCUT2D eigenvalue weighted by Gasteiger charge is 2.38. The standard InChI is InChI=1S/C26H27FO4S/c1-3-26(4-2)22(14-13-19(28)15-20(29)16-24(30)31)25(17-9-11-18(27)12-10-17)21-7-5-6-8-23(21)32-26/h5-14,19,28H,3-4,15-16H2,1-2H3,(H,30,31). The van der Waals surface area contributed by atoms with Crippen molar-refractivity contribution in [3.8, 4) is 0 Å². The molecule has 0 radical (unpaired) electrons. The molecule has 0 bridgehead atoms.